The molecule has 1 aromatic heterocycles. The van der Waals surface area contributed by atoms with Gasteiger partial charge < -0.3 is 25.0 Å². The summed E-state index contributed by atoms with van der Waals surface area (Å²) in [6, 6.07) is 15.3. The van der Waals surface area contributed by atoms with Crippen LogP contribution < -0.4 is 5.32 Å². The van der Waals surface area contributed by atoms with Gasteiger partial charge in [-0.2, -0.15) is 0 Å². The number of aromatic amines is 1. The van der Waals surface area contributed by atoms with Crippen LogP contribution in [-0.2, 0) is 27.3 Å². The lowest BCUT2D eigenvalue weighted by Gasteiger charge is -2.32. The fourth-order valence-electron chi connectivity index (χ4n) is 4.94. The zero-order chi connectivity index (χ0) is 24.4. The molecule has 5 rings (SSSR count). The molecule has 180 valence electrons. The number of ether oxygens (including phenoxy) is 1. The molecule has 1 aliphatic carbocycles. The fourth-order valence-corrected chi connectivity index (χ4v) is 4.94. The number of carboxylic acid groups (broad SMARTS) is 1. The highest BCUT2D eigenvalue weighted by Crippen LogP contribution is 2.44. The van der Waals surface area contributed by atoms with Crippen LogP contribution in [0.2, 0.25) is 0 Å². The molecule has 2 heterocycles. The number of aromatic nitrogens is 2. The molecule has 1 aliphatic heterocycles. The number of H-pyrrole nitrogens is 1. The Bertz CT molecular complexity index is 1220. The fraction of sp³-hybridized carbons (Fsp3) is 0.308. The van der Waals surface area contributed by atoms with Crippen LogP contribution in [0.3, 0.4) is 0 Å². The molecule has 0 saturated carbocycles. The van der Waals surface area contributed by atoms with Gasteiger partial charge in [0.2, 0.25) is 5.91 Å². The smallest absolute Gasteiger partial charge is 0.407 e. The topological polar surface area (TPSA) is 125 Å². The van der Waals surface area contributed by atoms with Gasteiger partial charge >= 0.3 is 12.1 Å². The number of alkyl carbamates (subject to hydrolysis) is 1. The minimum Gasteiger partial charge on any atom is -0.480 e. The Morgan fingerprint density at radius 3 is 2.46 bits per heavy atom. The molecule has 0 saturated heterocycles. The van der Waals surface area contributed by atoms with Gasteiger partial charge in [0.15, 0.2) is 0 Å². The average molecular weight is 475 g/mol. The first-order valence-corrected chi connectivity index (χ1v) is 11.6. The van der Waals surface area contributed by atoms with E-state index in [4.69, 9.17) is 4.74 Å². The van der Waals surface area contributed by atoms with Crippen molar-refractivity contribution in [3.8, 4) is 11.1 Å². The maximum Gasteiger partial charge on any atom is 0.407 e. The molecule has 0 spiro atoms. The van der Waals surface area contributed by atoms with Gasteiger partial charge in [-0.15, -0.1) is 0 Å². The van der Waals surface area contributed by atoms with E-state index < -0.39 is 18.1 Å². The summed E-state index contributed by atoms with van der Waals surface area (Å²) < 4.78 is 5.51. The van der Waals surface area contributed by atoms with Crippen molar-refractivity contribution < 1.29 is 24.2 Å². The monoisotopic (exact) mass is 474 g/mol. The number of fused-ring (bicyclic) bond motifs is 4. The van der Waals surface area contributed by atoms with Gasteiger partial charge in [-0.3, -0.25) is 4.79 Å². The Morgan fingerprint density at radius 2 is 1.77 bits per heavy atom. The molecular formula is C26H26N4O5. The normalized spacial score (nSPS) is 16.2. The molecule has 9 heteroatoms. The van der Waals surface area contributed by atoms with Gasteiger partial charge in [0, 0.05) is 25.3 Å². The molecule has 2 amide bonds. The van der Waals surface area contributed by atoms with Crippen LogP contribution in [-0.4, -0.2) is 57.1 Å². The van der Waals surface area contributed by atoms with Gasteiger partial charge in [-0.1, -0.05) is 48.5 Å². The molecular weight excluding hydrogens is 448 g/mol. The van der Waals surface area contributed by atoms with Gasteiger partial charge in [-0.05, 0) is 28.7 Å². The lowest BCUT2D eigenvalue weighted by Crippen LogP contribution is -2.48. The number of nitrogens with zero attached hydrogens (tertiary/aromatic N) is 2. The van der Waals surface area contributed by atoms with Crippen LogP contribution in [0.5, 0.6) is 0 Å². The van der Waals surface area contributed by atoms with Crippen molar-refractivity contribution in [1.82, 2.24) is 20.2 Å². The maximum absolute atomic E-state index is 12.7. The third-order valence-corrected chi connectivity index (χ3v) is 6.68. The molecule has 9 nitrogen and oxygen atoms in total. The van der Waals surface area contributed by atoms with Crippen molar-refractivity contribution in [1.29, 1.82) is 0 Å². The first-order chi connectivity index (χ1) is 17.0. The molecule has 1 unspecified atom stereocenters. The van der Waals surface area contributed by atoms with Gasteiger partial charge in [0.1, 0.15) is 12.6 Å². The Balaban J connectivity index is 1.10. The second kappa shape index (κ2) is 9.61. The summed E-state index contributed by atoms with van der Waals surface area (Å²) in [6.07, 6.45) is 1.65. The Labute approximate surface area is 202 Å². The number of hydrogen-bond acceptors (Lipinski definition) is 5. The summed E-state index contributed by atoms with van der Waals surface area (Å²) in [4.78, 5) is 45.1. The van der Waals surface area contributed by atoms with Gasteiger partial charge in [0.25, 0.3) is 0 Å². The first-order valence-electron chi connectivity index (χ1n) is 11.6. The van der Waals surface area contributed by atoms with E-state index in [2.05, 4.69) is 39.6 Å². The lowest BCUT2D eigenvalue weighted by molar-refractivity contribution is -0.151. The largest absolute Gasteiger partial charge is 0.480 e. The second-order valence-electron chi connectivity index (χ2n) is 8.76. The number of carbonyl (C=O) groups is 3. The number of carbonyl (C=O) groups excluding carboxylic acids is 2. The molecule has 0 bridgehead atoms. The summed E-state index contributed by atoms with van der Waals surface area (Å²) in [6.45, 7) is 0.660. The summed E-state index contributed by atoms with van der Waals surface area (Å²) >= 11 is 0. The van der Waals surface area contributed by atoms with E-state index in [1.165, 1.54) is 11.2 Å². The van der Waals surface area contributed by atoms with E-state index in [0.717, 1.165) is 27.9 Å². The summed E-state index contributed by atoms with van der Waals surface area (Å²) in [5.74, 6) is -1.34. The standard InChI is InChI=1S/C26H26N4O5/c31-24(30-13-22-21(28-15-29-22)12-23(30)25(32)33)10-5-11-27-26(34)35-14-20-18-8-3-1-6-16(18)17-7-2-4-9-19(17)20/h1-4,6-9,15,20,23H,5,10-14H2,(H,27,34)(H,28,29)(H,32,33). The summed E-state index contributed by atoms with van der Waals surface area (Å²) in [7, 11) is 0. The maximum atomic E-state index is 12.7. The zero-order valence-electron chi connectivity index (χ0n) is 19.1. The van der Waals surface area contributed by atoms with Crippen LogP contribution in [0.1, 0.15) is 41.3 Å². The van der Waals surface area contributed by atoms with E-state index in [1.807, 2.05) is 24.3 Å². The highest BCUT2D eigenvalue weighted by molar-refractivity contribution is 5.84. The Morgan fingerprint density at radius 1 is 1.09 bits per heavy atom. The number of imidazole rings is 1. The molecule has 2 aromatic carbocycles. The van der Waals surface area contributed by atoms with E-state index in [9.17, 15) is 19.5 Å². The van der Waals surface area contributed by atoms with Crippen LogP contribution in [0, 0.1) is 0 Å². The number of nitrogens with one attached hydrogen (secondary N) is 2. The molecule has 1 atom stereocenters. The number of benzene rings is 2. The SMILES string of the molecule is O=C(NCCCC(=O)N1Cc2[nH]cnc2CC1C(=O)O)OCC1c2ccccc2-c2ccccc21. The van der Waals surface area contributed by atoms with E-state index in [-0.39, 0.29) is 44.4 Å². The van der Waals surface area contributed by atoms with Crippen molar-refractivity contribution in [2.24, 2.45) is 0 Å². The lowest BCUT2D eigenvalue weighted by atomic mass is 9.98. The number of rotatable bonds is 7. The molecule has 35 heavy (non-hydrogen) atoms. The summed E-state index contributed by atoms with van der Waals surface area (Å²) in [5, 5.41) is 12.2. The minimum absolute atomic E-state index is 0.0193. The second-order valence-corrected chi connectivity index (χ2v) is 8.76. The average Bonchev–Trinajstić information content (AvgIpc) is 3.46. The number of hydrogen-bond donors (Lipinski definition) is 3. The third-order valence-electron chi connectivity index (χ3n) is 6.68. The zero-order valence-corrected chi connectivity index (χ0v) is 19.1. The number of aliphatic carboxylic acids is 1. The highest BCUT2D eigenvalue weighted by Gasteiger charge is 2.35. The van der Waals surface area contributed by atoms with E-state index in [0.29, 0.717) is 12.1 Å². The number of amides is 2. The van der Waals surface area contributed by atoms with E-state index in [1.54, 1.807) is 0 Å². The van der Waals surface area contributed by atoms with Gasteiger partial charge in [0.05, 0.1) is 24.3 Å². The van der Waals surface area contributed by atoms with Crippen molar-refractivity contribution >= 4 is 18.0 Å². The van der Waals surface area contributed by atoms with Crippen molar-refractivity contribution in [2.45, 2.75) is 37.8 Å². The van der Waals surface area contributed by atoms with Crippen molar-refractivity contribution in [3.05, 3.63) is 77.4 Å². The highest BCUT2D eigenvalue weighted by atomic mass is 16.5. The van der Waals surface area contributed by atoms with Crippen molar-refractivity contribution in [3.63, 3.8) is 0 Å². The first kappa shape index (κ1) is 22.6. The molecule has 3 aromatic rings. The van der Waals surface area contributed by atoms with Crippen LogP contribution in [0.4, 0.5) is 4.79 Å². The predicted molar refractivity (Wildman–Crippen MR) is 127 cm³/mol. The Hall–Kier alpha value is -4.14. The van der Waals surface area contributed by atoms with Crippen LogP contribution in [0.25, 0.3) is 11.1 Å². The van der Waals surface area contributed by atoms with Crippen LogP contribution in [0.15, 0.2) is 54.9 Å². The number of carboxylic acids is 1. The predicted octanol–water partition coefficient (Wildman–Crippen LogP) is 3.07. The Kier molecular flexibility index (Phi) is 6.22. The van der Waals surface area contributed by atoms with E-state index >= 15 is 0 Å². The molecule has 3 N–H and O–H groups in total. The van der Waals surface area contributed by atoms with Gasteiger partial charge in [-0.25, -0.2) is 14.6 Å². The molecule has 0 fully saturated rings. The van der Waals surface area contributed by atoms with Crippen molar-refractivity contribution in [2.75, 3.05) is 13.2 Å². The molecule has 0 radical (unpaired) electrons. The third kappa shape index (κ3) is 4.49. The quantitative estimate of drug-likeness (QED) is 0.452. The molecule has 2 aliphatic rings. The summed E-state index contributed by atoms with van der Waals surface area (Å²) in [5.41, 5.74) is 6.04. The minimum atomic E-state index is -1.05. The van der Waals surface area contributed by atoms with Crippen LogP contribution >= 0.6 is 0 Å².